The second-order valence-electron chi connectivity index (χ2n) is 6.46. The third-order valence-electron chi connectivity index (χ3n) is 4.58. The van der Waals surface area contributed by atoms with E-state index in [2.05, 4.69) is 15.6 Å². The first-order chi connectivity index (χ1) is 13.3. The molecule has 0 aliphatic carbocycles. The van der Waals surface area contributed by atoms with Crippen LogP contribution in [0, 0.1) is 4.64 Å². The lowest BCUT2D eigenvalue weighted by Crippen LogP contribution is -2.28. The molecule has 0 saturated carbocycles. The molecule has 28 heavy (non-hydrogen) atoms. The smallest absolute Gasteiger partial charge is 0.328 e. The summed E-state index contributed by atoms with van der Waals surface area (Å²) in [6, 6.07) is 7.77. The number of fused-ring (bicyclic) bond motifs is 1. The first-order valence-electron chi connectivity index (χ1n) is 8.39. The molecule has 3 aromatic rings. The van der Waals surface area contributed by atoms with Gasteiger partial charge in [0, 0.05) is 20.6 Å². The highest BCUT2D eigenvalue weighted by Crippen LogP contribution is 2.16. The summed E-state index contributed by atoms with van der Waals surface area (Å²) in [6.07, 6.45) is 3.42. The molecule has 4 rings (SSSR count). The number of nitrogens with one attached hydrogen (secondary N) is 2. The molecule has 1 amide bonds. The van der Waals surface area contributed by atoms with Crippen LogP contribution in [0.1, 0.15) is 11.1 Å². The number of amides is 1. The maximum atomic E-state index is 12.2. The molecule has 0 bridgehead atoms. The van der Waals surface area contributed by atoms with E-state index in [1.54, 1.807) is 26.5 Å². The predicted molar refractivity (Wildman–Crippen MR) is 112 cm³/mol. The van der Waals surface area contributed by atoms with Gasteiger partial charge in [0.2, 0.25) is 0 Å². The van der Waals surface area contributed by atoms with Gasteiger partial charge in [-0.2, -0.15) is 0 Å². The van der Waals surface area contributed by atoms with E-state index < -0.39 is 0 Å². The molecule has 142 valence electrons. The molecule has 1 aromatic carbocycles. The summed E-state index contributed by atoms with van der Waals surface area (Å²) < 4.78 is 5.30. The number of thiocarbonyl (C=S) groups is 1. The van der Waals surface area contributed by atoms with Crippen molar-refractivity contribution in [2.75, 3.05) is 0 Å². The number of aromatic nitrogens is 4. The summed E-state index contributed by atoms with van der Waals surface area (Å²) in [4.78, 5) is 28.2. The van der Waals surface area contributed by atoms with Crippen LogP contribution in [-0.4, -0.2) is 29.7 Å². The van der Waals surface area contributed by atoms with Crippen LogP contribution in [0.25, 0.3) is 17.2 Å². The maximum Gasteiger partial charge on any atom is 0.330 e. The zero-order valence-electron chi connectivity index (χ0n) is 15.1. The van der Waals surface area contributed by atoms with Crippen molar-refractivity contribution in [3.63, 3.8) is 0 Å². The van der Waals surface area contributed by atoms with E-state index in [0.29, 0.717) is 27.6 Å². The van der Waals surface area contributed by atoms with Crippen LogP contribution in [-0.2, 0) is 25.4 Å². The molecule has 3 heterocycles. The molecule has 1 aliphatic heterocycles. The van der Waals surface area contributed by atoms with Crippen molar-refractivity contribution in [3.05, 3.63) is 62.5 Å². The SMILES string of the molecule is Cn1c(=S)c2c(ncn2Cc2ccc(/C=C3\NC(=S)NC3=O)cc2)n(C)c1=O. The number of imidazole rings is 1. The highest BCUT2D eigenvalue weighted by Gasteiger charge is 2.19. The maximum absolute atomic E-state index is 12.2. The Morgan fingerprint density at radius 3 is 2.43 bits per heavy atom. The minimum Gasteiger partial charge on any atom is -0.328 e. The van der Waals surface area contributed by atoms with Gasteiger partial charge in [0.1, 0.15) is 15.9 Å². The average molecular weight is 413 g/mol. The lowest BCUT2D eigenvalue weighted by Gasteiger charge is -2.08. The van der Waals surface area contributed by atoms with Crippen molar-refractivity contribution in [3.8, 4) is 0 Å². The number of carbonyl (C=O) groups is 1. The average Bonchev–Trinajstić information content (AvgIpc) is 3.22. The van der Waals surface area contributed by atoms with E-state index in [1.807, 2.05) is 28.8 Å². The number of hydrogen-bond donors (Lipinski definition) is 2. The fourth-order valence-electron chi connectivity index (χ4n) is 3.08. The fourth-order valence-corrected chi connectivity index (χ4v) is 3.57. The number of nitrogens with zero attached hydrogens (tertiary/aromatic N) is 4. The van der Waals surface area contributed by atoms with E-state index in [4.69, 9.17) is 24.4 Å². The normalized spacial score (nSPS) is 15.3. The number of carbonyl (C=O) groups excluding carboxylic acids is 1. The van der Waals surface area contributed by atoms with Crippen molar-refractivity contribution in [2.24, 2.45) is 14.1 Å². The van der Waals surface area contributed by atoms with E-state index in [1.165, 1.54) is 9.13 Å². The van der Waals surface area contributed by atoms with Crippen LogP contribution < -0.4 is 16.3 Å². The van der Waals surface area contributed by atoms with Gasteiger partial charge in [-0.3, -0.25) is 19.2 Å². The Morgan fingerprint density at radius 1 is 1.07 bits per heavy atom. The Labute approximate surface area is 170 Å². The highest BCUT2D eigenvalue weighted by molar-refractivity contribution is 7.80. The Kier molecular flexibility index (Phi) is 4.44. The topological polar surface area (TPSA) is 85.9 Å². The van der Waals surface area contributed by atoms with Crippen LogP contribution in [0.5, 0.6) is 0 Å². The zero-order chi connectivity index (χ0) is 20.0. The van der Waals surface area contributed by atoms with Gasteiger partial charge in [0.25, 0.3) is 5.91 Å². The number of hydrogen-bond acceptors (Lipinski definition) is 5. The zero-order valence-corrected chi connectivity index (χ0v) is 16.7. The van der Waals surface area contributed by atoms with Gasteiger partial charge in [-0.05, 0) is 29.4 Å². The summed E-state index contributed by atoms with van der Waals surface area (Å²) in [7, 11) is 3.33. The van der Waals surface area contributed by atoms with Gasteiger partial charge in [0.15, 0.2) is 10.8 Å². The molecule has 1 saturated heterocycles. The number of rotatable bonds is 3. The van der Waals surface area contributed by atoms with Crippen molar-refractivity contribution in [1.82, 2.24) is 29.3 Å². The van der Waals surface area contributed by atoms with Crippen molar-refractivity contribution < 1.29 is 4.79 Å². The van der Waals surface area contributed by atoms with Crippen LogP contribution >= 0.6 is 24.4 Å². The molecule has 8 nitrogen and oxygen atoms in total. The van der Waals surface area contributed by atoms with E-state index in [9.17, 15) is 9.59 Å². The monoisotopic (exact) mass is 412 g/mol. The predicted octanol–water partition coefficient (Wildman–Crippen LogP) is 1.20. The standard InChI is InChI=1S/C18H16N6O2S2/c1-22-14-13(16(27)23(2)18(22)26)24(9-19-14)8-11-5-3-10(4-6-11)7-12-15(25)21-17(28)20-12/h3-7,9H,8H2,1-2H3,(H2,20,21,25,28)/b12-7-. The third kappa shape index (κ3) is 3.06. The summed E-state index contributed by atoms with van der Waals surface area (Å²) in [5, 5.41) is 5.66. The van der Waals surface area contributed by atoms with Gasteiger partial charge in [0.05, 0.1) is 6.33 Å². The van der Waals surface area contributed by atoms with E-state index >= 15 is 0 Å². The molecule has 0 unspecified atom stereocenters. The molecule has 2 N–H and O–H groups in total. The molecule has 0 radical (unpaired) electrons. The van der Waals surface area contributed by atoms with Crippen LogP contribution in [0.2, 0.25) is 0 Å². The molecule has 1 fully saturated rings. The second-order valence-corrected chi connectivity index (χ2v) is 7.25. The fraction of sp³-hybridized carbons (Fsp3) is 0.167. The minimum absolute atomic E-state index is 0.204. The van der Waals surface area contributed by atoms with E-state index in [-0.39, 0.29) is 11.6 Å². The van der Waals surface area contributed by atoms with Gasteiger partial charge in [-0.25, -0.2) is 9.78 Å². The summed E-state index contributed by atoms with van der Waals surface area (Å²) in [5.74, 6) is -0.240. The second kappa shape index (κ2) is 6.80. The molecule has 0 spiro atoms. The van der Waals surface area contributed by atoms with Crippen LogP contribution in [0.15, 0.2) is 41.1 Å². The molecular weight excluding hydrogens is 396 g/mol. The summed E-state index contributed by atoms with van der Waals surface area (Å²) in [6.45, 7) is 0.554. The van der Waals surface area contributed by atoms with Crippen molar-refractivity contribution in [2.45, 2.75) is 6.54 Å². The Balaban J connectivity index is 1.65. The lowest BCUT2D eigenvalue weighted by atomic mass is 10.1. The largest absolute Gasteiger partial charge is 0.330 e. The highest BCUT2D eigenvalue weighted by atomic mass is 32.1. The number of benzene rings is 1. The lowest BCUT2D eigenvalue weighted by molar-refractivity contribution is -0.115. The minimum atomic E-state index is -0.240. The van der Waals surface area contributed by atoms with E-state index in [0.717, 1.165) is 16.6 Å². The third-order valence-corrected chi connectivity index (χ3v) is 5.25. The van der Waals surface area contributed by atoms with Crippen molar-refractivity contribution >= 4 is 52.7 Å². The molecule has 0 atom stereocenters. The quantitative estimate of drug-likeness (QED) is 0.497. The molecular formula is C18H16N6O2S2. The van der Waals surface area contributed by atoms with Crippen LogP contribution in [0.3, 0.4) is 0 Å². The first kappa shape index (κ1) is 18.3. The number of aryl methyl sites for hydroxylation is 1. The molecule has 10 heteroatoms. The van der Waals surface area contributed by atoms with Gasteiger partial charge in [-0.1, -0.05) is 36.5 Å². The van der Waals surface area contributed by atoms with Gasteiger partial charge < -0.3 is 9.88 Å². The Bertz CT molecular complexity index is 1280. The summed E-state index contributed by atoms with van der Waals surface area (Å²) >= 11 is 10.4. The molecule has 2 aromatic heterocycles. The summed E-state index contributed by atoms with van der Waals surface area (Å²) in [5.41, 5.74) is 3.42. The first-order valence-corrected chi connectivity index (χ1v) is 9.20. The van der Waals surface area contributed by atoms with Crippen molar-refractivity contribution in [1.29, 1.82) is 0 Å². The molecule has 1 aliphatic rings. The van der Waals surface area contributed by atoms with Crippen LogP contribution in [0.4, 0.5) is 0 Å². The van der Waals surface area contributed by atoms with Gasteiger partial charge >= 0.3 is 5.69 Å². The van der Waals surface area contributed by atoms with Gasteiger partial charge in [-0.15, -0.1) is 0 Å². The Morgan fingerprint density at radius 2 is 1.79 bits per heavy atom. The Hall–Kier alpha value is -3.11.